The topological polar surface area (TPSA) is 41.1 Å². The Balaban J connectivity index is 0.00000176. The van der Waals surface area contributed by atoms with Crippen LogP contribution in [-0.4, -0.2) is 19.0 Å². The van der Waals surface area contributed by atoms with E-state index in [0.29, 0.717) is 11.5 Å². The Hall–Kier alpha value is -1.13. The monoisotopic (exact) mass is 326 g/mol. The van der Waals surface area contributed by atoms with E-state index in [1.54, 1.807) is 6.92 Å². The van der Waals surface area contributed by atoms with Gasteiger partial charge in [0, 0.05) is 5.92 Å². The lowest BCUT2D eigenvalue weighted by atomic mass is 9.95. The minimum atomic E-state index is -0.182. The van der Waals surface area contributed by atoms with Crippen LogP contribution in [0.2, 0.25) is 0 Å². The molecule has 1 amide bonds. The Morgan fingerprint density at radius 2 is 1.95 bits per heavy atom. The predicted molar refractivity (Wildman–Crippen MR) is 87.6 cm³/mol. The average Bonchev–Trinajstić information content (AvgIpc) is 3.33. The van der Waals surface area contributed by atoms with Gasteiger partial charge < -0.3 is 10.6 Å². The smallest absolute Gasteiger partial charge is 0.223 e. The third-order valence-corrected chi connectivity index (χ3v) is 4.64. The molecule has 1 saturated heterocycles. The molecule has 3 rings (SSSR count). The SMILES string of the molecule is Cc1cc(C(NC(=O)C2CCNCC2)C2CC2)ccc1F.Cl. The summed E-state index contributed by atoms with van der Waals surface area (Å²) >= 11 is 0. The molecule has 0 aromatic heterocycles. The maximum absolute atomic E-state index is 13.4. The highest BCUT2D eigenvalue weighted by atomic mass is 35.5. The second kappa shape index (κ2) is 7.42. The fourth-order valence-electron chi connectivity index (χ4n) is 3.12. The molecule has 5 heteroatoms. The summed E-state index contributed by atoms with van der Waals surface area (Å²) in [6.45, 7) is 3.61. The first-order valence-electron chi connectivity index (χ1n) is 7.92. The molecule has 1 aromatic carbocycles. The molecular formula is C17H24ClFN2O. The fraction of sp³-hybridized carbons (Fsp3) is 0.588. The lowest BCUT2D eigenvalue weighted by molar-refractivity contribution is -0.126. The van der Waals surface area contributed by atoms with Crippen molar-refractivity contribution in [1.82, 2.24) is 10.6 Å². The zero-order valence-electron chi connectivity index (χ0n) is 12.9. The Labute approximate surface area is 137 Å². The fourth-order valence-corrected chi connectivity index (χ4v) is 3.12. The number of piperidine rings is 1. The molecule has 1 aromatic rings. The van der Waals surface area contributed by atoms with Crippen molar-refractivity contribution in [3.8, 4) is 0 Å². The van der Waals surface area contributed by atoms with Gasteiger partial charge in [0.15, 0.2) is 0 Å². The van der Waals surface area contributed by atoms with Crippen LogP contribution >= 0.6 is 12.4 Å². The minimum Gasteiger partial charge on any atom is -0.349 e. The first kappa shape index (κ1) is 17.2. The van der Waals surface area contributed by atoms with Crippen LogP contribution < -0.4 is 10.6 Å². The second-order valence-corrected chi connectivity index (χ2v) is 6.36. The third-order valence-electron chi connectivity index (χ3n) is 4.64. The number of benzene rings is 1. The van der Waals surface area contributed by atoms with E-state index in [4.69, 9.17) is 0 Å². The molecule has 22 heavy (non-hydrogen) atoms. The van der Waals surface area contributed by atoms with E-state index in [2.05, 4.69) is 10.6 Å². The number of nitrogens with one attached hydrogen (secondary N) is 2. The third kappa shape index (κ3) is 3.99. The molecule has 2 aliphatic rings. The summed E-state index contributed by atoms with van der Waals surface area (Å²) in [7, 11) is 0. The van der Waals surface area contributed by atoms with Crippen LogP contribution in [0.5, 0.6) is 0 Å². The quantitative estimate of drug-likeness (QED) is 0.892. The van der Waals surface area contributed by atoms with Gasteiger partial charge >= 0.3 is 0 Å². The first-order valence-corrected chi connectivity index (χ1v) is 7.92. The average molecular weight is 327 g/mol. The van der Waals surface area contributed by atoms with Crippen molar-refractivity contribution in [2.24, 2.45) is 11.8 Å². The highest BCUT2D eigenvalue weighted by molar-refractivity contribution is 5.85. The first-order chi connectivity index (χ1) is 10.1. The van der Waals surface area contributed by atoms with Crippen LogP contribution in [0.15, 0.2) is 18.2 Å². The van der Waals surface area contributed by atoms with E-state index in [-0.39, 0.29) is 36.1 Å². The molecule has 1 saturated carbocycles. The highest BCUT2D eigenvalue weighted by Crippen LogP contribution is 2.41. The molecule has 2 fully saturated rings. The van der Waals surface area contributed by atoms with Crippen molar-refractivity contribution < 1.29 is 9.18 Å². The van der Waals surface area contributed by atoms with Crippen molar-refractivity contribution >= 4 is 18.3 Å². The number of amides is 1. The summed E-state index contributed by atoms with van der Waals surface area (Å²) in [5.41, 5.74) is 1.69. The van der Waals surface area contributed by atoms with Gasteiger partial charge in [-0.3, -0.25) is 4.79 Å². The number of halogens is 2. The Bertz CT molecular complexity index is 527. The molecule has 0 radical (unpaired) electrons. The summed E-state index contributed by atoms with van der Waals surface area (Å²) < 4.78 is 13.4. The maximum Gasteiger partial charge on any atom is 0.223 e. The van der Waals surface area contributed by atoms with Gasteiger partial charge in [-0.05, 0) is 68.8 Å². The predicted octanol–water partition coefficient (Wildman–Crippen LogP) is 3.12. The van der Waals surface area contributed by atoms with Crippen LogP contribution in [0.3, 0.4) is 0 Å². The number of hydrogen-bond donors (Lipinski definition) is 2. The Kier molecular flexibility index (Phi) is 5.81. The largest absolute Gasteiger partial charge is 0.349 e. The van der Waals surface area contributed by atoms with E-state index >= 15 is 0 Å². The van der Waals surface area contributed by atoms with E-state index in [9.17, 15) is 9.18 Å². The van der Waals surface area contributed by atoms with Crippen molar-refractivity contribution in [2.75, 3.05) is 13.1 Å². The highest BCUT2D eigenvalue weighted by Gasteiger charge is 2.35. The molecule has 1 atom stereocenters. The summed E-state index contributed by atoms with van der Waals surface area (Å²) in [6, 6.07) is 5.25. The Morgan fingerprint density at radius 3 is 2.55 bits per heavy atom. The molecule has 2 N–H and O–H groups in total. The summed E-state index contributed by atoms with van der Waals surface area (Å²) in [5, 5.41) is 6.50. The minimum absolute atomic E-state index is 0. The zero-order chi connectivity index (χ0) is 14.8. The van der Waals surface area contributed by atoms with Gasteiger partial charge in [0.25, 0.3) is 0 Å². The zero-order valence-corrected chi connectivity index (χ0v) is 13.7. The van der Waals surface area contributed by atoms with E-state index in [1.165, 1.54) is 6.07 Å². The van der Waals surface area contributed by atoms with Crippen molar-refractivity contribution in [2.45, 2.75) is 38.6 Å². The lowest BCUT2D eigenvalue weighted by Gasteiger charge is -2.26. The van der Waals surface area contributed by atoms with Gasteiger partial charge in [-0.1, -0.05) is 12.1 Å². The molecule has 1 unspecified atom stereocenters. The normalized spacial score (nSPS) is 20.1. The molecule has 0 spiro atoms. The van der Waals surface area contributed by atoms with Crippen molar-refractivity contribution in [3.05, 3.63) is 35.1 Å². The number of carbonyl (C=O) groups is 1. The summed E-state index contributed by atoms with van der Waals surface area (Å²) in [6.07, 6.45) is 4.11. The van der Waals surface area contributed by atoms with Crippen LogP contribution in [0.1, 0.15) is 42.9 Å². The van der Waals surface area contributed by atoms with Crippen LogP contribution in [0.25, 0.3) is 0 Å². The standard InChI is InChI=1S/C17H23FN2O.ClH/c1-11-10-14(4-5-15(11)18)16(12-2-3-12)20-17(21)13-6-8-19-9-7-13;/h4-5,10,12-13,16,19H,2-3,6-9H2,1H3,(H,20,21);1H. The van der Waals surface area contributed by atoms with Crippen LogP contribution in [0.4, 0.5) is 4.39 Å². The van der Waals surface area contributed by atoms with Gasteiger partial charge in [-0.25, -0.2) is 4.39 Å². The second-order valence-electron chi connectivity index (χ2n) is 6.36. The van der Waals surface area contributed by atoms with Gasteiger partial charge in [0.1, 0.15) is 5.82 Å². The van der Waals surface area contributed by atoms with Crippen molar-refractivity contribution in [1.29, 1.82) is 0 Å². The molecule has 3 nitrogen and oxygen atoms in total. The summed E-state index contributed by atoms with van der Waals surface area (Å²) in [5.74, 6) is 0.614. The molecular weight excluding hydrogens is 303 g/mol. The number of aryl methyl sites for hydroxylation is 1. The molecule has 1 heterocycles. The lowest BCUT2D eigenvalue weighted by Crippen LogP contribution is -2.40. The van der Waals surface area contributed by atoms with E-state index in [1.807, 2.05) is 12.1 Å². The van der Waals surface area contributed by atoms with E-state index in [0.717, 1.165) is 44.3 Å². The number of hydrogen-bond acceptors (Lipinski definition) is 2. The van der Waals surface area contributed by atoms with Gasteiger partial charge in [-0.15, -0.1) is 12.4 Å². The molecule has 0 bridgehead atoms. The molecule has 122 valence electrons. The van der Waals surface area contributed by atoms with Crippen LogP contribution in [-0.2, 0) is 4.79 Å². The Morgan fingerprint density at radius 1 is 1.27 bits per heavy atom. The summed E-state index contributed by atoms with van der Waals surface area (Å²) in [4.78, 5) is 12.5. The number of carbonyl (C=O) groups excluding carboxylic acids is 1. The van der Waals surface area contributed by atoms with Gasteiger partial charge in [0.05, 0.1) is 6.04 Å². The molecule has 1 aliphatic carbocycles. The van der Waals surface area contributed by atoms with E-state index < -0.39 is 0 Å². The maximum atomic E-state index is 13.4. The van der Waals surface area contributed by atoms with Crippen LogP contribution in [0, 0.1) is 24.6 Å². The molecule has 1 aliphatic heterocycles. The van der Waals surface area contributed by atoms with Crippen molar-refractivity contribution in [3.63, 3.8) is 0 Å². The van der Waals surface area contributed by atoms with Gasteiger partial charge in [0.2, 0.25) is 5.91 Å². The number of rotatable bonds is 4. The van der Waals surface area contributed by atoms with Gasteiger partial charge in [-0.2, -0.15) is 0 Å².